The number of nitrogens with one attached hydrogen (secondary N) is 1. The second-order valence-corrected chi connectivity index (χ2v) is 9.35. The van der Waals surface area contributed by atoms with Gasteiger partial charge in [-0.2, -0.15) is 0 Å². The number of carbonyl (C=O) groups is 2. The molecule has 0 aliphatic carbocycles. The predicted octanol–water partition coefficient (Wildman–Crippen LogP) is 2.62. The summed E-state index contributed by atoms with van der Waals surface area (Å²) in [6, 6.07) is 9.84. The lowest BCUT2D eigenvalue weighted by atomic mass is 10.1. The second kappa shape index (κ2) is 8.52. The highest BCUT2D eigenvalue weighted by molar-refractivity contribution is 7.93. The van der Waals surface area contributed by atoms with E-state index >= 15 is 0 Å². The molecule has 1 aromatic heterocycles. The van der Waals surface area contributed by atoms with Gasteiger partial charge < -0.3 is 10.1 Å². The number of carbonyl (C=O) groups excluding carboxylic acids is 2. The van der Waals surface area contributed by atoms with Gasteiger partial charge in [0.15, 0.2) is 9.84 Å². The lowest BCUT2D eigenvalue weighted by Gasteiger charge is -2.21. The van der Waals surface area contributed by atoms with E-state index in [1.807, 2.05) is 18.2 Å². The number of hydrogen-bond donors (Lipinski definition) is 1. The molecule has 0 aliphatic heterocycles. The molecule has 150 valence electrons. The zero-order valence-corrected chi connectivity index (χ0v) is 17.1. The number of ether oxygens (including phenoxy) is 1. The molecule has 0 bridgehead atoms. The molecule has 1 N–H and O–H groups in total. The second-order valence-electron chi connectivity index (χ2n) is 7.42. The van der Waals surface area contributed by atoms with Gasteiger partial charge in [0.25, 0.3) is 5.91 Å². The van der Waals surface area contributed by atoms with Crippen molar-refractivity contribution in [3.63, 3.8) is 0 Å². The Hall–Kier alpha value is -2.74. The molecule has 0 unspecified atom stereocenters. The summed E-state index contributed by atoms with van der Waals surface area (Å²) in [5, 5.41) is 4.48. The van der Waals surface area contributed by atoms with E-state index < -0.39 is 33.4 Å². The van der Waals surface area contributed by atoms with Gasteiger partial charge in [-0.25, -0.2) is 13.4 Å². The van der Waals surface area contributed by atoms with Crippen molar-refractivity contribution in [2.24, 2.45) is 0 Å². The van der Waals surface area contributed by atoms with Crippen molar-refractivity contribution in [3.8, 4) is 0 Å². The third kappa shape index (κ3) is 7.11. The first-order chi connectivity index (χ1) is 12.9. The number of benzene rings is 1. The minimum absolute atomic E-state index is 0.167. The van der Waals surface area contributed by atoms with E-state index in [2.05, 4.69) is 10.3 Å². The molecule has 2 aromatic rings. The van der Waals surface area contributed by atoms with Crippen molar-refractivity contribution in [2.45, 2.75) is 38.8 Å². The number of para-hydroxylation sites is 1. The van der Waals surface area contributed by atoms with E-state index in [0.717, 1.165) is 17.1 Å². The molecule has 28 heavy (non-hydrogen) atoms. The van der Waals surface area contributed by atoms with E-state index in [-0.39, 0.29) is 12.1 Å². The minimum atomic E-state index is -3.42. The molecule has 1 aromatic carbocycles. The quantitative estimate of drug-likeness (QED) is 0.743. The molecule has 7 nitrogen and oxygen atoms in total. The van der Waals surface area contributed by atoms with Gasteiger partial charge in [0.05, 0.1) is 18.0 Å². The predicted molar refractivity (Wildman–Crippen MR) is 107 cm³/mol. The van der Waals surface area contributed by atoms with Crippen molar-refractivity contribution in [1.82, 2.24) is 10.3 Å². The van der Waals surface area contributed by atoms with Gasteiger partial charge >= 0.3 is 5.97 Å². The first-order valence-electron chi connectivity index (χ1n) is 8.70. The van der Waals surface area contributed by atoms with Gasteiger partial charge in [-0.15, -0.1) is 0 Å². The van der Waals surface area contributed by atoms with Gasteiger partial charge in [-0.3, -0.25) is 9.59 Å². The smallest absolute Gasteiger partial charge is 0.308 e. The van der Waals surface area contributed by atoms with Crippen LogP contribution in [0.15, 0.2) is 47.9 Å². The highest BCUT2D eigenvalue weighted by Gasteiger charge is 2.21. The minimum Gasteiger partial charge on any atom is -0.460 e. The van der Waals surface area contributed by atoms with Crippen molar-refractivity contribution in [2.75, 3.05) is 6.26 Å². The van der Waals surface area contributed by atoms with Crippen molar-refractivity contribution >= 4 is 32.6 Å². The fourth-order valence-electron chi connectivity index (χ4n) is 2.40. The zero-order valence-electron chi connectivity index (χ0n) is 16.3. The Morgan fingerprint density at radius 2 is 1.86 bits per heavy atom. The monoisotopic (exact) mass is 404 g/mol. The van der Waals surface area contributed by atoms with Crippen LogP contribution >= 0.6 is 0 Å². The summed E-state index contributed by atoms with van der Waals surface area (Å²) in [6.07, 6.45) is 2.08. The maximum Gasteiger partial charge on any atom is 0.308 e. The standard InChI is InChI=1S/C20H24N2O5S/c1-20(2,3)27-18(23)13-15(11-12-28(4,25)26)21-19(24)17-10-9-14-7-5-6-8-16(14)22-17/h5-12,15H,13H2,1-4H3,(H,21,24)/t15-/m1/s1. The molecule has 0 aliphatic rings. The highest BCUT2D eigenvalue weighted by atomic mass is 32.2. The Balaban J connectivity index is 2.20. The first kappa shape index (κ1) is 21.6. The maximum atomic E-state index is 12.6. The van der Waals surface area contributed by atoms with Crippen LogP contribution in [0, 0.1) is 0 Å². The van der Waals surface area contributed by atoms with Crippen LogP contribution in [0.1, 0.15) is 37.7 Å². The van der Waals surface area contributed by atoms with Gasteiger partial charge in [-0.05, 0) is 32.9 Å². The van der Waals surface area contributed by atoms with Crippen molar-refractivity contribution < 1.29 is 22.7 Å². The Morgan fingerprint density at radius 1 is 1.18 bits per heavy atom. The van der Waals surface area contributed by atoms with Crippen molar-refractivity contribution in [3.05, 3.63) is 53.6 Å². The summed E-state index contributed by atoms with van der Waals surface area (Å²) in [7, 11) is -3.42. The molecule has 8 heteroatoms. The molecular formula is C20H24N2O5S. The van der Waals surface area contributed by atoms with Crippen LogP contribution in [0.3, 0.4) is 0 Å². The number of sulfone groups is 1. The van der Waals surface area contributed by atoms with Gasteiger partial charge in [0, 0.05) is 17.1 Å². The largest absolute Gasteiger partial charge is 0.460 e. The Morgan fingerprint density at radius 3 is 2.50 bits per heavy atom. The van der Waals surface area contributed by atoms with Crippen molar-refractivity contribution in [1.29, 1.82) is 0 Å². The molecular weight excluding hydrogens is 380 g/mol. The number of rotatable bonds is 6. The molecule has 0 saturated heterocycles. The molecule has 0 spiro atoms. The summed E-state index contributed by atoms with van der Waals surface area (Å²) in [5.74, 6) is -1.07. The van der Waals surface area contributed by atoms with Crippen LogP contribution in [0.2, 0.25) is 0 Å². The first-order valence-corrected chi connectivity index (χ1v) is 10.7. The average molecular weight is 404 g/mol. The lowest BCUT2D eigenvalue weighted by Crippen LogP contribution is -2.37. The van der Waals surface area contributed by atoms with Gasteiger partial charge in [0.1, 0.15) is 11.3 Å². The molecule has 0 radical (unpaired) electrons. The number of aromatic nitrogens is 1. The molecule has 1 atom stereocenters. The third-order valence-corrected chi connectivity index (χ3v) is 4.16. The maximum absolute atomic E-state index is 12.6. The van der Waals surface area contributed by atoms with E-state index in [1.165, 1.54) is 6.08 Å². The van der Waals surface area contributed by atoms with E-state index in [9.17, 15) is 18.0 Å². The summed E-state index contributed by atoms with van der Waals surface area (Å²) >= 11 is 0. The molecule has 0 fully saturated rings. The number of amides is 1. The Labute approximate surface area is 164 Å². The SMILES string of the molecule is CC(C)(C)OC(=O)C[C@@H](C=CS(C)(=O)=O)NC(=O)c1ccc2ccccc2n1. The fourth-order valence-corrected chi connectivity index (χ4v) is 2.88. The van der Waals surface area contributed by atoms with Crippen LogP contribution in [0.5, 0.6) is 0 Å². The van der Waals surface area contributed by atoms with Crippen LogP contribution < -0.4 is 5.32 Å². The zero-order chi connectivity index (χ0) is 20.9. The average Bonchev–Trinajstić information content (AvgIpc) is 2.56. The normalized spacial score (nSPS) is 13.4. The molecule has 0 saturated carbocycles. The highest BCUT2D eigenvalue weighted by Crippen LogP contribution is 2.13. The Kier molecular flexibility index (Phi) is 6.56. The lowest BCUT2D eigenvalue weighted by molar-refractivity contribution is -0.155. The number of fused-ring (bicyclic) bond motifs is 1. The van der Waals surface area contributed by atoms with E-state index in [4.69, 9.17) is 4.74 Å². The van der Waals surface area contributed by atoms with Crippen LogP contribution in [-0.2, 0) is 19.4 Å². The van der Waals surface area contributed by atoms with E-state index in [0.29, 0.717) is 5.52 Å². The summed E-state index contributed by atoms with van der Waals surface area (Å²) in [5.41, 5.74) is 0.137. The van der Waals surface area contributed by atoms with Gasteiger partial charge in [-0.1, -0.05) is 30.3 Å². The number of pyridine rings is 1. The summed E-state index contributed by atoms with van der Waals surface area (Å²) in [4.78, 5) is 29.0. The third-order valence-electron chi connectivity index (χ3n) is 3.51. The fraction of sp³-hybridized carbons (Fsp3) is 0.350. The summed E-state index contributed by atoms with van der Waals surface area (Å²) in [6.45, 7) is 5.18. The van der Waals surface area contributed by atoms with Crippen LogP contribution in [-0.4, -0.2) is 43.2 Å². The molecule has 1 amide bonds. The molecule has 1 heterocycles. The number of hydrogen-bond acceptors (Lipinski definition) is 6. The van der Waals surface area contributed by atoms with Crippen LogP contribution in [0.25, 0.3) is 10.9 Å². The number of nitrogens with zero attached hydrogens (tertiary/aromatic N) is 1. The van der Waals surface area contributed by atoms with Gasteiger partial charge in [0.2, 0.25) is 0 Å². The van der Waals surface area contributed by atoms with E-state index in [1.54, 1.807) is 39.0 Å². The topological polar surface area (TPSA) is 102 Å². The number of esters is 1. The summed E-state index contributed by atoms with van der Waals surface area (Å²) < 4.78 is 28.1. The van der Waals surface area contributed by atoms with Crippen LogP contribution in [0.4, 0.5) is 0 Å². The molecule has 2 rings (SSSR count). The Bertz CT molecular complexity index is 1010.